The molecule has 0 unspecified atom stereocenters. The van der Waals surface area contributed by atoms with Crippen molar-refractivity contribution < 1.29 is 4.39 Å². The monoisotopic (exact) mass is 335 g/mol. The lowest BCUT2D eigenvalue weighted by Gasteiger charge is -2.25. The summed E-state index contributed by atoms with van der Waals surface area (Å²) >= 11 is 0. The molecule has 2 aromatic rings. The van der Waals surface area contributed by atoms with Crippen LogP contribution in [-0.4, -0.2) is 36.6 Å². The maximum absolute atomic E-state index is 13.0. The van der Waals surface area contributed by atoms with Crippen molar-refractivity contribution >= 4 is 11.4 Å². The highest BCUT2D eigenvalue weighted by Gasteiger charge is 2.12. The van der Waals surface area contributed by atoms with Gasteiger partial charge in [0.2, 0.25) is 0 Å². The SMILES string of the molecule is CNc1ccc(C#CCCN2CC=C(c3ccc(F)cc3)CC2)cn1. The summed E-state index contributed by atoms with van der Waals surface area (Å²) < 4.78 is 13.0. The Morgan fingerprint density at radius 3 is 2.68 bits per heavy atom. The number of anilines is 1. The summed E-state index contributed by atoms with van der Waals surface area (Å²) in [6.07, 6.45) is 5.87. The minimum absolute atomic E-state index is 0.184. The lowest BCUT2D eigenvalue weighted by molar-refractivity contribution is 0.309. The lowest BCUT2D eigenvalue weighted by Crippen LogP contribution is -2.29. The molecule has 4 heteroatoms. The molecule has 128 valence electrons. The Morgan fingerprint density at radius 1 is 1.20 bits per heavy atom. The molecule has 2 heterocycles. The molecular formula is C21H22FN3. The molecule has 0 bridgehead atoms. The van der Waals surface area contributed by atoms with E-state index in [2.05, 4.69) is 33.1 Å². The minimum atomic E-state index is -0.184. The Balaban J connectivity index is 1.47. The van der Waals surface area contributed by atoms with Crippen LogP contribution < -0.4 is 5.32 Å². The number of halogens is 1. The quantitative estimate of drug-likeness (QED) is 0.862. The van der Waals surface area contributed by atoms with E-state index in [1.165, 1.54) is 17.7 Å². The van der Waals surface area contributed by atoms with Crippen molar-refractivity contribution in [3.63, 3.8) is 0 Å². The van der Waals surface area contributed by atoms with E-state index >= 15 is 0 Å². The van der Waals surface area contributed by atoms with Crippen LogP contribution in [0, 0.1) is 17.7 Å². The van der Waals surface area contributed by atoms with Crippen LogP contribution in [0.2, 0.25) is 0 Å². The number of hydrogen-bond donors (Lipinski definition) is 1. The fourth-order valence-electron chi connectivity index (χ4n) is 2.83. The third-order valence-corrected chi connectivity index (χ3v) is 4.31. The van der Waals surface area contributed by atoms with E-state index < -0.39 is 0 Å². The molecule has 0 aliphatic carbocycles. The van der Waals surface area contributed by atoms with Crippen LogP contribution in [0.1, 0.15) is 24.0 Å². The zero-order chi connectivity index (χ0) is 17.5. The average Bonchev–Trinajstić information content (AvgIpc) is 2.67. The standard InChI is InChI=1S/C21H22FN3/c1-23-21-10-5-17(16-24-21)4-2-3-13-25-14-11-19(12-15-25)18-6-8-20(22)9-7-18/h5-11,16H,3,12-15H2,1H3,(H,23,24). The summed E-state index contributed by atoms with van der Waals surface area (Å²) in [5, 5.41) is 2.99. The molecule has 0 saturated heterocycles. The second-order valence-corrected chi connectivity index (χ2v) is 6.02. The number of pyridine rings is 1. The Kier molecular flexibility index (Phi) is 5.81. The van der Waals surface area contributed by atoms with Gasteiger partial charge in [0.05, 0.1) is 0 Å². The zero-order valence-electron chi connectivity index (χ0n) is 14.4. The highest BCUT2D eigenvalue weighted by molar-refractivity contribution is 5.66. The van der Waals surface area contributed by atoms with Crippen LogP contribution in [0.25, 0.3) is 5.57 Å². The molecule has 1 aliphatic rings. The van der Waals surface area contributed by atoms with E-state index in [4.69, 9.17) is 0 Å². The van der Waals surface area contributed by atoms with Gasteiger partial charge in [-0.3, -0.25) is 4.90 Å². The molecular weight excluding hydrogens is 313 g/mol. The minimum Gasteiger partial charge on any atom is -0.373 e. The summed E-state index contributed by atoms with van der Waals surface area (Å²) in [5.41, 5.74) is 3.37. The molecule has 0 fully saturated rings. The Labute approximate surface area is 148 Å². The second kappa shape index (κ2) is 8.46. The number of nitrogens with one attached hydrogen (secondary N) is 1. The van der Waals surface area contributed by atoms with Gasteiger partial charge in [-0.25, -0.2) is 9.37 Å². The summed E-state index contributed by atoms with van der Waals surface area (Å²) in [6, 6.07) is 10.7. The van der Waals surface area contributed by atoms with Gasteiger partial charge in [0.25, 0.3) is 0 Å². The highest BCUT2D eigenvalue weighted by Crippen LogP contribution is 2.22. The van der Waals surface area contributed by atoms with Gasteiger partial charge in [-0.2, -0.15) is 0 Å². The molecule has 1 aliphatic heterocycles. The van der Waals surface area contributed by atoms with E-state index in [9.17, 15) is 4.39 Å². The van der Waals surface area contributed by atoms with Crippen molar-refractivity contribution in [2.24, 2.45) is 0 Å². The van der Waals surface area contributed by atoms with Gasteiger partial charge in [-0.1, -0.05) is 30.0 Å². The number of hydrogen-bond acceptors (Lipinski definition) is 3. The van der Waals surface area contributed by atoms with Gasteiger partial charge in [-0.15, -0.1) is 0 Å². The highest BCUT2D eigenvalue weighted by atomic mass is 19.1. The first-order valence-electron chi connectivity index (χ1n) is 8.54. The van der Waals surface area contributed by atoms with Crippen LogP contribution in [0.3, 0.4) is 0 Å². The third kappa shape index (κ3) is 4.91. The second-order valence-electron chi connectivity index (χ2n) is 6.02. The van der Waals surface area contributed by atoms with Crippen LogP contribution in [-0.2, 0) is 0 Å². The smallest absolute Gasteiger partial charge is 0.125 e. The molecule has 0 spiro atoms. The molecule has 25 heavy (non-hydrogen) atoms. The topological polar surface area (TPSA) is 28.2 Å². The van der Waals surface area contributed by atoms with Gasteiger partial charge in [0.15, 0.2) is 0 Å². The third-order valence-electron chi connectivity index (χ3n) is 4.31. The molecule has 0 radical (unpaired) electrons. The van der Waals surface area contributed by atoms with Crippen molar-refractivity contribution in [1.82, 2.24) is 9.88 Å². The Bertz CT molecular complexity index is 783. The van der Waals surface area contributed by atoms with Crippen LogP contribution >= 0.6 is 0 Å². The fourth-order valence-corrected chi connectivity index (χ4v) is 2.83. The summed E-state index contributed by atoms with van der Waals surface area (Å²) in [6.45, 7) is 2.90. The normalized spacial score (nSPS) is 14.4. The van der Waals surface area contributed by atoms with Crippen LogP contribution in [0.5, 0.6) is 0 Å². The van der Waals surface area contributed by atoms with E-state index in [1.54, 1.807) is 6.20 Å². The number of nitrogens with zero attached hydrogens (tertiary/aromatic N) is 2. The van der Waals surface area contributed by atoms with Crippen molar-refractivity contribution in [2.45, 2.75) is 12.8 Å². The maximum atomic E-state index is 13.0. The molecule has 0 saturated carbocycles. The molecule has 1 aromatic heterocycles. The van der Waals surface area contributed by atoms with Crippen molar-refractivity contribution in [1.29, 1.82) is 0 Å². The fraction of sp³-hybridized carbons (Fsp3) is 0.286. The molecule has 3 rings (SSSR count). The first-order chi connectivity index (χ1) is 12.2. The average molecular weight is 335 g/mol. The Hall–Kier alpha value is -2.64. The predicted octanol–water partition coefficient (Wildman–Crippen LogP) is 3.79. The largest absolute Gasteiger partial charge is 0.373 e. The Morgan fingerprint density at radius 2 is 2.04 bits per heavy atom. The van der Waals surface area contributed by atoms with Crippen LogP contribution in [0.15, 0.2) is 48.7 Å². The van der Waals surface area contributed by atoms with Gasteiger partial charge >= 0.3 is 0 Å². The van der Waals surface area contributed by atoms with Crippen molar-refractivity contribution in [2.75, 3.05) is 32.0 Å². The van der Waals surface area contributed by atoms with E-state index in [0.717, 1.165) is 49.4 Å². The maximum Gasteiger partial charge on any atom is 0.125 e. The van der Waals surface area contributed by atoms with Crippen LogP contribution in [0.4, 0.5) is 10.2 Å². The lowest BCUT2D eigenvalue weighted by atomic mass is 9.99. The van der Waals surface area contributed by atoms with E-state index in [-0.39, 0.29) is 5.82 Å². The molecule has 3 nitrogen and oxygen atoms in total. The summed E-state index contributed by atoms with van der Waals surface area (Å²) in [4.78, 5) is 6.65. The number of rotatable bonds is 4. The first kappa shape index (κ1) is 17.2. The van der Waals surface area contributed by atoms with Crippen molar-refractivity contribution in [3.05, 3.63) is 65.6 Å². The zero-order valence-corrected chi connectivity index (χ0v) is 14.4. The summed E-state index contributed by atoms with van der Waals surface area (Å²) in [7, 11) is 1.85. The molecule has 0 atom stereocenters. The molecule has 0 amide bonds. The predicted molar refractivity (Wildman–Crippen MR) is 101 cm³/mol. The van der Waals surface area contributed by atoms with E-state index in [1.807, 2.05) is 31.3 Å². The van der Waals surface area contributed by atoms with Gasteiger partial charge < -0.3 is 5.32 Å². The molecule has 1 aromatic carbocycles. The summed E-state index contributed by atoms with van der Waals surface area (Å²) in [5.74, 6) is 7.04. The number of benzene rings is 1. The van der Waals surface area contributed by atoms with Gasteiger partial charge in [-0.05, 0) is 41.8 Å². The van der Waals surface area contributed by atoms with E-state index in [0.29, 0.717) is 0 Å². The van der Waals surface area contributed by atoms with Crippen molar-refractivity contribution in [3.8, 4) is 11.8 Å². The first-order valence-corrected chi connectivity index (χ1v) is 8.54. The van der Waals surface area contributed by atoms with Gasteiger partial charge in [0.1, 0.15) is 11.6 Å². The number of aromatic nitrogens is 1. The molecule has 1 N–H and O–H groups in total. The van der Waals surface area contributed by atoms with Gasteiger partial charge in [0, 0.05) is 44.9 Å².